The summed E-state index contributed by atoms with van der Waals surface area (Å²) >= 11 is 0. The average Bonchev–Trinajstić information content (AvgIpc) is 2.86. The number of unbranched alkanes of at least 4 members (excludes halogenated alkanes) is 14. The van der Waals surface area contributed by atoms with Crippen LogP contribution < -0.4 is 0 Å². The normalized spacial score (nSPS) is 16.7. The molecule has 9 heteroatoms. The quantitative estimate of drug-likeness (QED) is 0.0620. The maximum absolute atomic E-state index is 13.3. The molecular formula is C27H57F2O5PS. The van der Waals surface area contributed by atoms with Gasteiger partial charge in [0.25, 0.3) is 0 Å². The Labute approximate surface area is 228 Å². The van der Waals surface area contributed by atoms with Gasteiger partial charge in [-0.15, -0.1) is 8.08 Å². The minimum Gasteiger partial charge on any atom is -0.284 e. The standard InChI is InChI=1S/C15H32FO3P.C12H25FO2S/c1-4-5-6-7-8-9-10-11-12-13-14-18-20(16,17)19-15(2)3;1-2-3-4-5-6-7-8-9-10-11-12-16(13,14)15/h15H,4-14H2,1-3H3;2-12H2,1H3/i1T,4T;1T,2T. The topological polar surface area (TPSA) is 69.7 Å². The lowest BCUT2D eigenvalue weighted by Gasteiger charge is -2.12. The lowest BCUT2D eigenvalue weighted by molar-refractivity contribution is 0.140. The summed E-state index contributed by atoms with van der Waals surface area (Å²) < 4.78 is 95.2. The number of rotatable bonds is 25. The van der Waals surface area contributed by atoms with Crippen molar-refractivity contribution in [1.29, 1.82) is 0 Å². The van der Waals surface area contributed by atoms with Gasteiger partial charge in [-0.1, -0.05) is 129 Å². The summed E-state index contributed by atoms with van der Waals surface area (Å²) in [5.74, 6) is -0.342. The van der Waals surface area contributed by atoms with Gasteiger partial charge in [-0.3, -0.25) is 9.05 Å². The third kappa shape index (κ3) is 36.1. The van der Waals surface area contributed by atoms with Gasteiger partial charge >= 0.3 is 18.1 Å². The van der Waals surface area contributed by atoms with Crippen LogP contribution in [0.2, 0.25) is 0 Å². The Bertz CT molecular complexity index is 708. The summed E-state index contributed by atoms with van der Waals surface area (Å²) in [5.41, 5.74) is 0. The second-order valence-corrected chi connectivity index (χ2v) is 12.3. The predicted octanol–water partition coefficient (Wildman–Crippen LogP) is 10.6. The first-order chi connectivity index (χ1) is 18.8. The van der Waals surface area contributed by atoms with Crippen molar-refractivity contribution >= 4 is 18.1 Å². The minimum atomic E-state index is -4.36. The van der Waals surface area contributed by atoms with Gasteiger partial charge in [-0.25, -0.2) is 4.57 Å². The molecule has 36 heavy (non-hydrogen) atoms. The van der Waals surface area contributed by atoms with E-state index in [0.29, 0.717) is 12.8 Å². The molecule has 0 saturated heterocycles. The maximum Gasteiger partial charge on any atom is 0.513 e. The van der Waals surface area contributed by atoms with Crippen LogP contribution in [0.5, 0.6) is 0 Å². The van der Waals surface area contributed by atoms with E-state index in [1.807, 2.05) is 0 Å². The first-order valence-corrected chi connectivity index (χ1v) is 16.8. The Morgan fingerprint density at radius 2 is 1.08 bits per heavy atom. The molecule has 0 N–H and O–H groups in total. The Kier molecular flexibility index (Phi) is 22.5. The van der Waals surface area contributed by atoms with Crippen LogP contribution in [0.4, 0.5) is 8.08 Å². The fourth-order valence-electron chi connectivity index (χ4n) is 3.53. The van der Waals surface area contributed by atoms with E-state index in [1.54, 1.807) is 13.8 Å². The second kappa shape index (κ2) is 26.6. The lowest BCUT2D eigenvalue weighted by atomic mass is 10.1. The van der Waals surface area contributed by atoms with Crippen LogP contribution in [0.3, 0.4) is 0 Å². The zero-order valence-corrected chi connectivity index (χ0v) is 24.7. The van der Waals surface area contributed by atoms with Crippen molar-refractivity contribution in [3.05, 3.63) is 0 Å². The molecule has 0 heterocycles. The van der Waals surface area contributed by atoms with E-state index in [9.17, 15) is 21.1 Å². The molecule has 0 rings (SSSR count). The van der Waals surface area contributed by atoms with Crippen LogP contribution in [0, 0.1) is 0 Å². The van der Waals surface area contributed by atoms with E-state index in [0.717, 1.165) is 89.9 Å². The molecule has 0 aliphatic carbocycles. The van der Waals surface area contributed by atoms with Gasteiger partial charge < -0.3 is 0 Å². The van der Waals surface area contributed by atoms with Crippen molar-refractivity contribution in [3.8, 4) is 0 Å². The van der Waals surface area contributed by atoms with Crippen molar-refractivity contribution in [2.24, 2.45) is 0 Å². The highest BCUT2D eigenvalue weighted by Crippen LogP contribution is 2.51. The lowest BCUT2D eigenvalue weighted by Crippen LogP contribution is -2.01. The summed E-state index contributed by atoms with van der Waals surface area (Å²) in [7, 11) is -8.63. The van der Waals surface area contributed by atoms with Gasteiger partial charge in [-0.05, 0) is 26.7 Å². The SMILES string of the molecule is [3H]CC([3H])CCCCCCCCCCOP(=O)(F)OC(C)C.[3H]CC([3H])CCCCCCCCCCS(=O)(=O)F. The zero-order valence-electron chi connectivity index (χ0n) is 26.9. The third-order valence-corrected chi connectivity index (χ3v) is 7.37. The van der Waals surface area contributed by atoms with Crippen LogP contribution in [0.1, 0.15) is 161 Å². The Morgan fingerprint density at radius 3 is 1.44 bits per heavy atom. The largest absolute Gasteiger partial charge is 0.513 e. The first kappa shape index (κ1) is 30.5. The zero-order chi connectivity index (χ0) is 30.7. The summed E-state index contributed by atoms with van der Waals surface area (Å²) in [6.45, 7) is 3.77. The smallest absolute Gasteiger partial charge is 0.284 e. The molecule has 3 atom stereocenters. The molecule has 3 unspecified atom stereocenters. The highest BCUT2D eigenvalue weighted by molar-refractivity contribution is 7.86. The minimum absolute atomic E-state index is 0.137. The fraction of sp³-hybridized carbons (Fsp3) is 1.00. The summed E-state index contributed by atoms with van der Waals surface area (Å²) in [4.78, 5) is 0. The van der Waals surface area contributed by atoms with Crippen LogP contribution in [0.25, 0.3) is 0 Å². The van der Waals surface area contributed by atoms with Gasteiger partial charge in [0.1, 0.15) is 0 Å². The van der Waals surface area contributed by atoms with Crippen molar-refractivity contribution in [1.82, 2.24) is 0 Å². The van der Waals surface area contributed by atoms with Crippen LogP contribution >= 0.6 is 7.91 Å². The predicted molar refractivity (Wildman–Crippen MR) is 149 cm³/mol. The monoisotopic (exact) mass is 570 g/mol. The summed E-state index contributed by atoms with van der Waals surface area (Å²) in [5, 5.41) is 0. The average molecular weight is 571 g/mol. The van der Waals surface area contributed by atoms with E-state index in [2.05, 4.69) is 9.05 Å². The van der Waals surface area contributed by atoms with Crippen molar-refractivity contribution in [2.45, 2.75) is 162 Å². The highest BCUT2D eigenvalue weighted by atomic mass is 32.3. The van der Waals surface area contributed by atoms with Gasteiger partial charge in [-0.2, -0.15) is 8.42 Å². The van der Waals surface area contributed by atoms with Crippen molar-refractivity contribution in [2.75, 3.05) is 12.4 Å². The molecule has 0 aromatic heterocycles. The van der Waals surface area contributed by atoms with Gasteiger partial charge in [0.15, 0.2) is 0 Å². The fourth-order valence-corrected chi connectivity index (χ4v) is 4.99. The Hall–Kier alpha value is -0.0400. The second-order valence-electron chi connectivity index (χ2n) is 9.47. The third-order valence-electron chi connectivity index (χ3n) is 5.43. The molecule has 5 nitrogen and oxygen atoms in total. The molecule has 0 fully saturated rings. The van der Waals surface area contributed by atoms with E-state index in [-0.39, 0.29) is 39.0 Å². The number of hydrogen-bond acceptors (Lipinski definition) is 5. The molecule has 0 aliphatic rings. The van der Waals surface area contributed by atoms with Gasteiger partial charge in [0.05, 0.1) is 18.5 Å². The van der Waals surface area contributed by atoms with Crippen molar-refractivity contribution < 1.29 is 35.6 Å². The van der Waals surface area contributed by atoms with Crippen LogP contribution in [-0.2, 0) is 23.8 Å². The number of hydrogen-bond donors (Lipinski definition) is 0. The van der Waals surface area contributed by atoms with Gasteiger partial charge in [0.2, 0.25) is 0 Å². The maximum atomic E-state index is 13.3. The van der Waals surface area contributed by atoms with E-state index in [4.69, 9.17) is 5.48 Å². The van der Waals surface area contributed by atoms with E-state index < -0.39 is 24.2 Å². The van der Waals surface area contributed by atoms with Crippen LogP contribution in [-0.4, -0.2) is 26.9 Å². The molecule has 0 bridgehead atoms. The van der Waals surface area contributed by atoms with E-state index in [1.165, 1.54) is 12.8 Å². The molecule has 0 aliphatic heterocycles. The Morgan fingerprint density at radius 1 is 0.722 bits per heavy atom. The first-order valence-electron chi connectivity index (χ1n) is 16.4. The highest BCUT2D eigenvalue weighted by Gasteiger charge is 2.24. The molecular weight excluding hydrogens is 505 g/mol. The summed E-state index contributed by atoms with van der Waals surface area (Å²) in [6.07, 6.45) is 16.7. The van der Waals surface area contributed by atoms with E-state index >= 15 is 0 Å². The molecule has 0 radical (unpaired) electrons. The van der Waals surface area contributed by atoms with Crippen molar-refractivity contribution in [3.63, 3.8) is 0 Å². The number of halogens is 2. The molecule has 0 aromatic carbocycles. The van der Waals surface area contributed by atoms with Gasteiger partial charge in [0, 0.05) is 5.48 Å². The van der Waals surface area contributed by atoms with Crippen LogP contribution in [0.15, 0.2) is 0 Å². The molecule has 0 spiro atoms. The summed E-state index contributed by atoms with van der Waals surface area (Å²) in [6, 6.07) is 0. The molecule has 220 valence electrons. The molecule has 0 saturated carbocycles. The molecule has 0 aromatic rings. The Balaban J connectivity index is 0. The molecule has 0 amide bonds.